The van der Waals surface area contributed by atoms with Crippen LogP contribution in [0, 0.1) is 21.7 Å². The van der Waals surface area contributed by atoms with E-state index in [1.54, 1.807) is 83.1 Å². The van der Waals surface area contributed by atoms with Gasteiger partial charge in [-0.1, -0.05) is 13.3 Å². The minimum atomic E-state index is -1.92. The highest BCUT2D eigenvalue weighted by molar-refractivity contribution is 6.70. The molecular formula is C38H67NO10Si. The Bertz CT molecular complexity index is 1240. The fourth-order valence-electron chi connectivity index (χ4n) is 5.53. The summed E-state index contributed by atoms with van der Waals surface area (Å²) in [5.74, 6) is -1.27. The van der Waals surface area contributed by atoms with Crippen molar-refractivity contribution in [3.8, 4) is 0 Å². The Morgan fingerprint density at radius 3 is 1.60 bits per heavy atom. The van der Waals surface area contributed by atoms with Crippen molar-refractivity contribution < 1.29 is 47.3 Å². The minimum absolute atomic E-state index is 0.0994. The monoisotopic (exact) mass is 725 g/mol. The minimum Gasteiger partial charge on any atom is -0.547 e. The van der Waals surface area contributed by atoms with Gasteiger partial charge in [0.1, 0.15) is 12.7 Å². The molecule has 0 N–H and O–H groups in total. The molecule has 1 fully saturated rings. The smallest absolute Gasteiger partial charge is 0.311 e. The topological polar surface area (TPSA) is 127 Å². The molecule has 50 heavy (non-hydrogen) atoms. The third-order valence-corrected chi connectivity index (χ3v) is 9.15. The number of hydrogen-bond donors (Lipinski definition) is 0. The van der Waals surface area contributed by atoms with Crippen LogP contribution in [0.3, 0.4) is 0 Å². The second-order valence-electron chi connectivity index (χ2n) is 19.0. The van der Waals surface area contributed by atoms with Gasteiger partial charge in [-0.05, 0) is 122 Å². The summed E-state index contributed by atoms with van der Waals surface area (Å²) in [5.41, 5.74) is -3.63. The lowest BCUT2D eigenvalue weighted by Crippen LogP contribution is -2.69. The summed E-state index contributed by atoms with van der Waals surface area (Å²) in [6, 6.07) is -0.351. The van der Waals surface area contributed by atoms with Crippen molar-refractivity contribution in [3.05, 3.63) is 11.8 Å². The van der Waals surface area contributed by atoms with Crippen LogP contribution in [0.25, 0.3) is 0 Å². The highest BCUT2D eigenvalue weighted by Crippen LogP contribution is 2.39. The van der Waals surface area contributed by atoms with E-state index < -0.39 is 84.5 Å². The van der Waals surface area contributed by atoms with E-state index in [2.05, 4.69) is 37.5 Å². The van der Waals surface area contributed by atoms with Crippen LogP contribution in [0.1, 0.15) is 116 Å². The van der Waals surface area contributed by atoms with Gasteiger partial charge in [-0.3, -0.25) is 24.1 Å². The molecule has 0 aromatic heterocycles. The zero-order valence-electron chi connectivity index (χ0n) is 34.0. The summed E-state index contributed by atoms with van der Waals surface area (Å²) in [4.78, 5) is 56.2. The second kappa shape index (κ2) is 16.1. The van der Waals surface area contributed by atoms with Gasteiger partial charge in [0.15, 0.2) is 24.5 Å². The fourth-order valence-corrected chi connectivity index (χ4v) is 6.47. The molecule has 0 saturated carbocycles. The van der Waals surface area contributed by atoms with Crippen LogP contribution in [0.5, 0.6) is 0 Å². The van der Waals surface area contributed by atoms with Gasteiger partial charge in [0.25, 0.3) is 0 Å². The molecule has 0 amide bonds. The van der Waals surface area contributed by atoms with E-state index in [9.17, 15) is 19.2 Å². The normalized spacial score (nSPS) is 27.1. The first-order valence-electron chi connectivity index (χ1n) is 18.1. The van der Waals surface area contributed by atoms with Crippen LogP contribution in [-0.2, 0) is 47.3 Å². The molecule has 288 valence electrons. The van der Waals surface area contributed by atoms with E-state index in [4.69, 9.17) is 28.1 Å². The molecule has 0 bridgehead atoms. The second-order valence-corrected chi connectivity index (χ2v) is 23.4. The molecule has 0 radical (unpaired) electrons. The summed E-state index contributed by atoms with van der Waals surface area (Å²) in [6.07, 6.45) is -1.54. The van der Waals surface area contributed by atoms with E-state index in [1.807, 2.05) is 6.92 Å². The maximum absolute atomic E-state index is 13.7. The highest BCUT2D eigenvalue weighted by atomic mass is 28.4. The van der Waals surface area contributed by atoms with Gasteiger partial charge in [-0.2, -0.15) is 0 Å². The zero-order valence-corrected chi connectivity index (χ0v) is 35.0. The van der Waals surface area contributed by atoms with Gasteiger partial charge < -0.3 is 28.1 Å². The standard InChI is InChI=1S/C38H67NO10Si/c1-18-19-24-21-25(49-50(15,16)17)20-23(2)39(24)30-29(48-34(43)38(12,13)14)28(47-33(42)37(9,10)11)27(46-32(41)36(6,7)8)26(45-30)22-44-31(40)35(3,4)5/h20,23-24,26-30H,18-19,21-22H2,1-17H3/t23-,24+,26+,27-,28-,29+,30+/m0/s1. The number of carbonyl (C=O) groups excluding carboxylic acids is 4. The summed E-state index contributed by atoms with van der Waals surface area (Å²) >= 11 is 0. The molecule has 0 unspecified atom stereocenters. The Balaban J connectivity index is 2.88. The van der Waals surface area contributed by atoms with E-state index in [1.165, 1.54) is 0 Å². The van der Waals surface area contributed by atoms with Crippen molar-refractivity contribution >= 4 is 32.2 Å². The molecule has 11 nitrogen and oxygen atoms in total. The van der Waals surface area contributed by atoms with Gasteiger partial charge in [-0.25, -0.2) is 0 Å². The molecule has 0 aromatic rings. The number of rotatable bonds is 10. The molecule has 0 aliphatic carbocycles. The Morgan fingerprint density at radius 1 is 0.740 bits per heavy atom. The lowest BCUT2D eigenvalue weighted by molar-refractivity contribution is -0.291. The lowest BCUT2D eigenvalue weighted by Gasteiger charge is -2.52. The molecule has 2 heterocycles. The highest BCUT2D eigenvalue weighted by Gasteiger charge is 2.57. The molecule has 0 aromatic carbocycles. The van der Waals surface area contributed by atoms with E-state index in [-0.39, 0.29) is 18.7 Å². The van der Waals surface area contributed by atoms with E-state index in [0.717, 1.165) is 18.6 Å². The van der Waals surface area contributed by atoms with E-state index >= 15 is 0 Å². The first-order valence-corrected chi connectivity index (χ1v) is 21.5. The molecule has 12 heteroatoms. The van der Waals surface area contributed by atoms with Crippen LogP contribution < -0.4 is 0 Å². The van der Waals surface area contributed by atoms with Crippen molar-refractivity contribution in [1.29, 1.82) is 0 Å². The van der Waals surface area contributed by atoms with Crippen LogP contribution >= 0.6 is 0 Å². The third-order valence-electron chi connectivity index (χ3n) is 8.28. The Labute approximate surface area is 302 Å². The van der Waals surface area contributed by atoms with Gasteiger partial charge >= 0.3 is 23.9 Å². The molecular weight excluding hydrogens is 659 g/mol. The first kappa shape index (κ1) is 43.7. The molecule has 2 aliphatic rings. The molecule has 1 saturated heterocycles. The van der Waals surface area contributed by atoms with Crippen molar-refractivity contribution in [2.75, 3.05) is 6.61 Å². The Hall–Kier alpha value is -2.44. The van der Waals surface area contributed by atoms with Gasteiger partial charge in [0.05, 0.1) is 27.4 Å². The predicted octanol–water partition coefficient (Wildman–Crippen LogP) is 7.17. The van der Waals surface area contributed by atoms with Crippen LogP contribution in [0.15, 0.2) is 11.8 Å². The number of nitrogens with zero attached hydrogens (tertiary/aromatic N) is 1. The Kier molecular flexibility index (Phi) is 14.0. The summed E-state index contributed by atoms with van der Waals surface area (Å²) in [7, 11) is -1.92. The number of ether oxygens (including phenoxy) is 5. The van der Waals surface area contributed by atoms with Crippen LogP contribution in [-0.4, -0.2) is 86.4 Å². The first-order chi connectivity index (χ1) is 22.5. The maximum atomic E-state index is 13.7. The zero-order chi connectivity index (χ0) is 38.8. The van der Waals surface area contributed by atoms with E-state index in [0.29, 0.717) is 6.42 Å². The number of carbonyl (C=O) groups is 4. The average molecular weight is 726 g/mol. The number of hydrogen-bond acceptors (Lipinski definition) is 11. The van der Waals surface area contributed by atoms with Crippen LogP contribution in [0.4, 0.5) is 0 Å². The number of esters is 4. The third kappa shape index (κ3) is 12.1. The van der Waals surface area contributed by atoms with Crippen LogP contribution in [0.2, 0.25) is 19.6 Å². The molecule has 2 aliphatic heterocycles. The molecule has 0 spiro atoms. The largest absolute Gasteiger partial charge is 0.547 e. The van der Waals surface area contributed by atoms with Crippen molar-refractivity contribution in [2.24, 2.45) is 21.7 Å². The van der Waals surface area contributed by atoms with Gasteiger partial charge in [0.2, 0.25) is 8.32 Å². The van der Waals surface area contributed by atoms with Gasteiger partial charge in [-0.15, -0.1) is 0 Å². The maximum Gasteiger partial charge on any atom is 0.311 e. The average Bonchev–Trinajstić information content (AvgIpc) is 2.91. The van der Waals surface area contributed by atoms with Crippen molar-refractivity contribution in [3.63, 3.8) is 0 Å². The lowest BCUT2D eigenvalue weighted by atomic mass is 9.90. The summed E-state index contributed by atoms with van der Waals surface area (Å²) in [6.45, 7) is 31.0. The SMILES string of the molecule is CCC[C@@H]1CC(O[Si](C)(C)C)=C[C@H](C)N1[C@@H]1O[C@H](COC(=O)C(C)(C)C)[C@H](OC(=O)C(C)(C)C)[C@H](OC(=O)C(C)(C)C)[C@H]1OC(=O)C(C)(C)C. The summed E-state index contributed by atoms with van der Waals surface area (Å²) in [5, 5.41) is 0. The van der Waals surface area contributed by atoms with Gasteiger partial charge in [0, 0.05) is 18.5 Å². The Morgan fingerprint density at radius 2 is 1.18 bits per heavy atom. The quantitative estimate of drug-likeness (QED) is 0.129. The fraction of sp³-hybridized carbons (Fsp3) is 0.842. The van der Waals surface area contributed by atoms with Crippen molar-refractivity contribution in [1.82, 2.24) is 4.90 Å². The molecule has 7 atom stereocenters. The summed E-state index contributed by atoms with van der Waals surface area (Å²) < 4.78 is 37.9. The molecule has 2 rings (SSSR count). The van der Waals surface area contributed by atoms with Crippen molar-refractivity contribution in [2.45, 2.75) is 179 Å². The predicted molar refractivity (Wildman–Crippen MR) is 194 cm³/mol.